The molecule has 4 amide bonds. The first-order chi connectivity index (χ1) is 11.5. The van der Waals surface area contributed by atoms with Gasteiger partial charge in [0, 0.05) is 44.5 Å². The van der Waals surface area contributed by atoms with Gasteiger partial charge >= 0.3 is 12.1 Å². The number of carbonyl (C=O) groups excluding carboxylic acids is 3. The summed E-state index contributed by atoms with van der Waals surface area (Å²) in [5.41, 5.74) is 1.14. The van der Waals surface area contributed by atoms with Gasteiger partial charge in [-0.25, -0.2) is 9.59 Å². The van der Waals surface area contributed by atoms with Crippen LogP contribution in [0.4, 0.5) is 15.3 Å². The summed E-state index contributed by atoms with van der Waals surface area (Å²) in [6.07, 6.45) is 0.319. The summed E-state index contributed by atoms with van der Waals surface area (Å²) in [6.45, 7) is 2.01. The van der Waals surface area contributed by atoms with Crippen molar-refractivity contribution in [3.63, 3.8) is 0 Å². The van der Waals surface area contributed by atoms with E-state index in [1.54, 1.807) is 41.1 Å². The van der Waals surface area contributed by atoms with Crippen LogP contribution < -0.4 is 10.6 Å². The second kappa shape index (κ2) is 8.19. The number of hydrogen-bond acceptors (Lipinski definition) is 4. The number of nitrogens with one attached hydrogen (secondary N) is 2. The van der Waals surface area contributed by atoms with Gasteiger partial charge in [0.1, 0.15) is 0 Å². The van der Waals surface area contributed by atoms with Gasteiger partial charge in [0.25, 0.3) is 5.91 Å². The molecule has 1 aliphatic heterocycles. The van der Waals surface area contributed by atoms with E-state index in [9.17, 15) is 14.4 Å². The number of amides is 4. The molecule has 0 aliphatic carbocycles. The van der Waals surface area contributed by atoms with Crippen LogP contribution in [-0.2, 0) is 4.74 Å². The predicted molar refractivity (Wildman–Crippen MR) is 89.0 cm³/mol. The highest BCUT2D eigenvalue weighted by atomic mass is 16.5. The standard InChI is InChI=1S/C16H22N4O4/c1-17-14(21)12-4-6-13(7-5-12)18-15(22)19-8-3-9-20(11-10-19)16(23)24-2/h4-7H,3,8-11H2,1-2H3,(H,17,21)(H,18,22). The Labute approximate surface area is 140 Å². The first-order valence-electron chi connectivity index (χ1n) is 7.76. The highest BCUT2D eigenvalue weighted by Gasteiger charge is 2.22. The summed E-state index contributed by atoms with van der Waals surface area (Å²) in [4.78, 5) is 38.6. The van der Waals surface area contributed by atoms with Crippen molar-refractivity contribution < 1.29 is 19.1 Å². The number of anilines is 1. The molecule has 1 saturated heterocycles. The molecule has 8 nitrogen and oxygen atoms in total. The molecule has 1 aliphatic rings. The first kappa shape index (κ1) is 17.6. The normalized spacial score (nSPS) is 14.6. The van der Waals surface area contributed by atoms with E-state index in [0.29, 0.717) is 43.9 Å². The van der Waals surface area contributed by atoms with Crippen LogP contribution >= 0.6 is 0 Å². The van der Waals surface area contributed by atoms with Gasteiger partial charge in [0.05, 0.1) is 7.11 Å². The summed E-state index contributed by atoms with van der Waals surface area (Å²) in [6, 6.07) is 6.43. The van der Waals surface area contributed by atoms with Gasteiger partial charge in [-0.1, -0.05) is 0 Å². The van der Waals surface area contributed by atoms with E-state index >= 15 is 0 Å². The number of ether oxygens (including phenoxy) is 1. The van der Waals surface area contributed by atoms with Gasteiger partial charge < -0.3 is 25.2 Å². The topological polar surface area (TPSA) is 91.0 Å². The van der Waals surface area contributed by atoms with Crippen LogP contribution in [0.5, 0.6) is 0 Å². The molecule has 2 rings (SSSR count). The van der Waals surface area contributed by atoms with E-state index in [1.165, 1.54) is 7.11 Å². The Balaban J connectivity index is 1.92. The Morgan fingerprint density at radius 1 is 1.00 bits per heavy atom. The van der Waals surface area contributed by atoms with Crippen molar-refractivity contribution in [3.05, 3.63) is 29.8 Å². The third-order valence-corrected chi connectivity index (χ3v) is 3.84. The molecule has 1 heterocycles. The largest absolute Gasteiger partial charge is 0.453 e. The molecule has 1 aromatic carbocycles. The van der Waals surface area contributed by atoms with Gasteiger partial charge in [-0.15, -0.1) is 0 Å². The van der Waals surface area contributed by atoms with Crippen LogP contribution in [-0.4, -0.2) is 68.2 Å². The Bertz CT molecular complexity index is 603. The number of carbonyl (C=O) groups is 3. The quantitative estimate of drug-likeness (QED) is 0.854. The number of benzene rings is 1. The maximum Gasteiger partial charge on any atom is 0.409 e. The highest BCUT2D eigenvalue weighted by Crippen LogP contribution is 2.12. The van der Waals surface area contributed by atoms with Crippen LogP contribution in [0.1, 0.15) is 16.8 Å². The number of urea groups is 1. The fraction of sp³-hybridized carbons (Fsp3) is 0.438. The summed E-state index contributed by atoms with van der Waals surface area (Å²) in [5, 5.41) is 5.34. The van der Waals surface area contributed by atoms with E-state index in [2.05, 4.69) is 10.6 Å². The molecule has 0 atom stereocenters. The van der Waals surface area contributed by atoms with Crippen molar-refractivity contribution in [2.45, 2.75) is 6.42 Å². The zero-order valence-corrected chi connectivity index (χ0v) is 13.9. The smallest absolute Gasteiger partial charge is 0.409 e. The van der Waals surface area contributed by atoms with Gasteiger partial charge in [0.15, 0.2) is 0 Å². The third kappa shape index (κ3) is 4.37. The zero-order valence-electron chi connectivity index (χ0n) is 13.9. The van der Waals surface area contributed by atoms with Crippen LogP contribution in [0.15, 0.2) is 24.3 Å². The fourth-order valence-electron chi connectivity index (χ4n) is 2.48. The molecule has 0 bridgehead atoms. The van der Waals surface area contributed by atoms with Crippen molar-refractivity contribution in [3.8, 4) is 0 Å². The lowest BCUT2D eigenvalue weighted by Crippen LogP contribution is -2.39. The first-order valence-corrected chi connectivity index (χ1v) is 7.76. The molecular weight excluding hydrogens is 312 g/mol. The molecule has 24 heavy (non-hydrogen) atoms. The van der Waals surface area contributed by atoms with Crippen LogP contribution in [0.2, 0.25) is 0 Å². The van der Waals surface area contributed by atoms with E-state index in [4.69, 9.17) is 4.74 Å². The summed E-state index contributed by atoms with van der Waals surface area (Å²) in [7, 11) is 2.91. The molecule has 0 aromatic heterocycles. The molecule has 130 valence electrons. The van der Waals surface area contributed by atoms with E-state index in [-0.39, 0.29) is 18.0 Å². The second-order valence-electron chi connectivity index (χ2n) is 5.38. The van der Waals surface area contributed by atoms with Crippen molar-refractivity contribution in [1.82, 2.24) is 15.1 Å². The van der Waals surface area contributed by atoms with Crippen molar-refractivity contribution in [1.29, 1.82) is 0 Å². The Morgan fingerprint density at radius 3 is 2.25 bits per heavy atom. The Kier molecular flexibility index (Phi) is 6.00. The molecule has 0 radical (unpaired) electrons. The molecular formula is C16H22N4O4. The van der Waals surface area contributed by atoms with Gasteiger partial charge in [-0.05, 0) is 30.7 Å². The average Bonchev–Trinajstić information content (AvgIpc) is 2.87. The fourth-order valence-corrected chi connectivity index (χ4v) is 2.48. The van der Waals surface area contributed by atoms with Crippen molar-refractivity contribution in [2.24, 2.45) is 0 Å². The van der Waals surface area contributed by atoms with E-state index < -0.39 is 0 Å². The maximum absolute atomic E-state index is 12.3. The summed E-state index contributed by atoms with van der Waals surface area (Å²) < 4.78 is 4.71. The zero-order chi connectivity index (χ0) is 17.5. The molecule has 0 spiro atoms. The van der Waals surface area contributed by atoms with E-state index in [1.807, 2.05) is 0 Å². The average molecular weight is 334 g/mol. The lowest BCUT2D eigenvalue weighted by molar-refractivity contribution is 0.0963. The molecule has 8 heteroatoms. The highest BCUT2D eigenvalue weighted by molar-refractivity contribution is 5.95. The van der Waals surface area contributed by atoms with Crippen LogP contribution in [0.25, 0.3) is 0 Å². The third-order valence-electron chi connectivity index (χ3n) is 3.84. The lowest BCUT2D eigenvalue weighted by Gasteiger charge is -2.21. The second-order valence-corrected chi connectivity index (χ2v) is 5.38. The van der Waals surface area contributed by atoms with Crippen molar-refractivity contribution in [2.75, 3.05) is 45.7 Å². The van der Waals surface area contributed by atoms with E-state index in [0.717, 1.165) is 0 Å². The van der Waals surface area contributed by atoms with Crippen LogP contribution in [0.3, 0.4) is 0 Å². The predicted octanol–water partition coefficient (Wildman–Crippen LogP) is 1.35. The minimum atomic E-state index is -0.373. The number of hydrogen-bond donors (Lipinski definition) is 2. The SMILES string of the molecule is CNC(=O)c1ccc(NC(=O)N2CCCN(C(=O)OC)CC2)cc1. The minimum absolute atomic E-state index is 0.178. The Morgan fingerprint density at radius 2 is 1.62 bits per heavy atom. The van der Waals surface area contributed by atoms with Gasteiger partial charge in [-0.2, -0.15) is 0 Å². The molecule has 2 N–H and O–H groups in total. The molecule has 0 unspecified atom stereocenters. The lowest BCUT2D eigenvalue weighted by atomic mass is 10.2. The maximum atomic E-state index is 12.3. The minimum Gasteiger partial charge on any atom is -0.453 e. The van der Waals surface area contributed by atoms with Gasteiger partial charge in [0.2, 0.25) is 0 Å². The number of methoxy groups -OCH3 is 1. The molecule has 1 fully saturated rings. The monoisotopic (exact) mass is 334 g/mol. The van der Waals surface area contributed by atoms with Crippen molar-refractivity contribution >= 4 is 23.7 Å². The summed E-state index contributed by atoms with van der Waals surface area (Å²) >= 11 is 0. The molecule has 1 aromatic rings. The summed E-state index contributed by atoms with van der Waals surface area (Å²) in [5.74, 6) is -0.178. The molecule has 0 saturated carbocycles. The number of nitrogens with zero attached hydrogens (tertiary/aromatic N) is 2. The van der Waals surface area contributed by atoms with Gasteiger partial charge in [-0.3, -0.25) is 4.79 Å². The Hall–Kier alpha value is -2.77. The number of rotatable bonds is 2. The van der Waals surface area contributed by atoms with Crippen LogP contribution in [0, 0.1) is 0 Å².